The second-order valence-electron chi connectivity index (χ2n) is 10.1. The van der Waals surface area contributed by atoms with Crippen molar-refractivity contribution in [1.82, 2.24) is 15.2 Å². The zero-order chi connectivity index (χ0) is 25.6. The van der Waals surface area contributed by atoms with Gasteiger partial charge in [-0.2, -0.15) is 0 Å². The standard InChI is InChI=1S/C27H35N3O4S/c1-18(2)15-30(25(32)20-11-12-21-24(14-20)35-17-28-21)16-23(31)22(13-19-9-7-6-8-10-19)29-26(33)34-27(3,4)5/h6-12,14,17-18,22-23,31H,13,15-16H2,1-5H3,(H,29,33)/t22-,23+/m0/s1. The third kappa shape index (κ3) is 8.04. The van der Waals surface area contributed by atoms with E-state index in [1.165, 1.54) is 11.3 Å². The van der Waals surface area contributed by atoms with Crippen LogP contribution in [0.15, 0.2) is 54.0 Å². The molecule has 3 aromatic rings. The highest BCUT2D eigenvalue weighted by molar-refractivity contribution is 7.16. The van der Waals surface area contributed by atoms with Gasteiger partial charge in [0, 0.05) is 18.7 Å². The molecule has 2 atom stereocenters. The molecule has 0 spiro atoms. The van der Waals surface area contributed by atoms with Crippen LogP contribution in [0.3, 0.4) is 0 Å². The maximum Gasteiger partial charge on any atom is 0.407 e. The Morgan fingerprint density at radius 2 is 1.83 bits per heavy atom. The first kappa shape index (κ1) is 26.6. The maximum absolute atomic E-state index is 13.5. The first-order valence-electron chi connectivity index (χ1n) is 11.9. The van der Waals surface area contributed by atoms with E-state index in [-0.39, 0.29) is 18.4 Å². The summed E-state index contributed by atoms with van der Waals surface area (Å²) in [6.45, 7) is 9.97. The number of aliphatic hydroxyl groups is 1. The normalized spacial score (nSPS) is 13.5. The lowest BCUT2D eigenvalue weighted by Gasteiger charge is -2.32. The van der Waals surface area contributed by atoms with Crippen LogP contribution in [-0.2, 0) is 11.2 Å². The minimum Gasteiger partial charge on any atom is -0.444 e. The monoisotopic (exact) mass is 497 g/mol. The van der Waals surface area contributed by atoms with Crippen LogP contribution in [0.4, 0.5) is 4.79 Å². The van der Waals surface area contributed by atoms with Crippen molar-refractivity contribution in [2.45, 2.75) is 58.8 Å². The van der Waals surface area contributed by atoms with Crippen molar-refractivity contribution in [3.8, 4) is 0 Å². The third-order valence-electron chi connectivity index (χ3n) is 5.32. The van der Waals surface area contributed by atoms with E-state index >= 15 is 0 Å². The second-order valence-corrected chi connectivity index (χ2v) is 11.0. The SMILES string of the molecule is CC(C)CN(C[C@@H](O)[C@H](Cc1ccccc1)NC(=O)OC(C)(C)C)C(=O)c1ccc2ncsc2c1. The molecule has 0 aliphatic heterocycles. The second kappa shape index (κ2) is 11.6. The Morgan fingerprint density at radius 1 is 1.11 bits per heavy atom. The largest absolute Gasteiger partial charge is 0.444 e. The van der Waals surface area contributed by atoms with E-state index < -0.39 is 23.8 Å². The first-order valence-corrected chi connectivity index (χ1v) is 12.7. The van der Waals surface area contributed by atoms with Crippen molar-refractivity contribution in [3.63, 3.8) is 0 Å². The fraction of sp³-hybridized carbons (Fsp3) is 0.444. The molecule has 2 aromatic carbocycles. The molecule has 0 bridgehead atoms. The Labute approximate surface area is 211 Å². The summed E-state index contributed by atoms with van der Waals surface area (Å²) in [6.07, 6.45) is -1.20. The minimum absolute atomic E-state index is 0.0744. The summed E-state index contributed by atoms with van der Waals surface area (Å²) in [5, 5.41) is 14.1. The summed E-state index contributed by atoms with van der Waals surface area (Å²) < 4.78 is 6.37. The zero-order valence-electron chi connectivity index (χ0n) is 21.0. The highest BCUT2D eigenvalue weighted by atomic mass is 32.1. The van der Waals surface area contributed by atoms with Gasteiger partial charge in [0.2, 0.25) is 0 Å². The number of carbonyl (C=O) groups excluding carboxylic acids is 2. The van der Waals surface area contributed by atoms with Gasteiger partial charge in [-0.05, 0) is 56.9 Å². The van der Waals surface area contributed by atoms with E-state index in [1.54, 1.807) is 37.2 Å². The molecule has 2 N–H and O–H groups in total. The Hall–Kier alpha value is -2.97. The number of fused-ring (bicyclic) bond motifs is 1. The molecule has 35 heavy (non-hydrogen) atoms. The van der Waals surface area contributed by atoms with Crippen LogP contribution in [-0.4, -0.2) is 57.8 Å². The number of nitrogens with zero attached hydrogens (tertiary/aromatic N) is 2. The number of rotatable bonds is 9. The molecule has 0 saturated carbocycles. The predicted octanol–water partition coefficient (Wildman–Crippen LogP) is 4.89. The van der Waals surface area contributed by atoms with Crippen LogP contribution < -0.4 is 5.32 Å². The molecule has 3 rings (SSSR count). The van der Waals surface area contributed by atoms with Crippen molar-refractivity contribution in [2.24, 2.45) is 5.92 Å². The highest BCUT2D eigenvalue weighted by Crippen LogP contribution is 2.21. The van der Waals surface area contributed by atoms with Gasteiger partial charge in [0.1, 0.15) is 5.60 Å². The number of carbonyl (C=O) groups is 2. The number of ether oxygens (including phenoxy) is 1. The number of aliphatic hydroxyl groups excluding tert-OH is 1. The van der Waals surface area contributed by atoms with E-state index in [2.05, 4.69) is 10.3 Å². The highest BCUT2D eigenvalue weighted by Gasteiger charge is 2.29. The zero-order valence-corrected chi connectivity index (χ0v) is 21.8. The van der Waals surface area contributed by atoms with E-state index in [1.807, 2.05) is 56.3 Å². The van der Waals surface area contributed by atoms with Gasteiger partial charge in [0.05, 0.1) is 27.9 Å². The molecule has 8 heteroatoms. The number of thiazole rings is 1. The van der Waals surface area contributed by atoms with Crippen molar-refractivity contribution in [1.29, 1.82) is 0 Å². The lowest BCUT2D eigenvalue weighted by molar-refractivity contribution is 0.0340. The van der Waals surface area contributed by atoms with Crippen molar-refractivity contribution in [2.75, 3.05) is 13.1 Å². The summed E-state index contributed by atoms with van der Waals surface area (Å²) in [5.74, 6) is 0.0356. The number of hydrogen-bond acceptors (Lipinski definition) is 6. The first-order chi connectivity index (χ1) is 16.5. The molecule has 188 valence electrons. The minimum atomic E-state index is -1.00. The quantitative estimate of drug-likeness (QED) is 0.439. The van der Waals surface area contributed by atoms with Gasteiger partial charge >= 0.3 is 6.09 Å². The van der Waals surface area contributed by atoms with Gasteiger partial charge in [0.15, 0.2) is 0 Å². The van der Waals surface area contributed by atoms with Crippen LogP contribution in [0.1, 0.15) is 50.5 Å². The number of amides is 2. The van der Waals surface area contributed by atoms with E-state index in [9.17, 15) is 14.7 Å². The maximum atomic E-state index is 13.5. The molecule has 0 aliphatic rings. The Kier molecular flexibility index (Phi) is 8.86. The summed E-state index contributed by atoms with van der Waals surface area (Å²) in [5.41, 5.74) is 3.46. The van der Waals surface area contributed by atoms with Crippen molar-refractivity contribution in [3.05, 3.63) is 65.2 Å². The van der Waals surface area contributed by atoms with Crippen LogP contribution >= 0.6 is 11.3 Å². The molecule has 2 amide bonds. The molecule has 0 unspecified atom stereocenters. The number of hydrogen-bond donors (Lipinski definition) is 2. The molecule has 1 heterocycles. The van der Waals surface area contributed by atoms with Gasteiger partial charge < -0.3 is 20.1 Å². The Morgan fingerprint density at radius 3 is 2.49 bits per heavy atom. The van der Waals surface area contributed by atoms with Crippen molar-refractivity contribution >= 4 is 33.6 Å². The summed E-state index contributed by atoms with van der Waals surface area (Å²) in [4.78, 5) is 31.9. The van der Waals surface area contributed by atoms with E-state index in [0.29, 0.717) is 18.5 Å². The Bertz CT molecular complexity index is 1120. The van der Waals surface area contributed by atoms with Crippen LogP contribution in [0, 0.1) is 5.92 Å². The van der Waals surface area contributed by atoms with E-state index in [0.717, 1.165) is 15.8 Å². The lowest BCUT2D eigenvalue weighted by atomic mass is 10.00. The van der Waals surface area contributed by atoms with Crippen LogP contribution in [0.25, 0.3) is 10.2 Å². The molecule has 0 fully saturated rings. The van der Waals surface area contributed by atoms with Gasteiger partial charge in [-0.3, -0.25) is 4.79 Å². The topological polar surface area (TPSA) is 91.8 Å². The van der Waals surface area contributed by atoms with Gasteiger partial charge in [-0.15, -0.1) is 11.3 Å². The number of aromatic nitrogens is 1. The Balaban J connectivity index is 1.81. The molecule has 1 aromatic heterocycles. The van der Waals surface area contributed by atoms with Crippen molar-refractivity contribution < 1.29 is 19.4 Å². The fourth-order valence-corrected chi connectivity index (χ4v) is 4.53. The fourth-order valence-electron chi connectivity index (χ4n) is 3.82. The van der Waals surface area contributed by atoms with Gasteiger partial charge in [0.25, 0.3) is 5.91 Å². The third-order valence-corrected chi connectivity index (χ3v) is 6.12. The molecular weight excluding hydrogens is 462 g/mol. The molecule has 0 radical (unpaired) electrons. The summed E-state index contributed by atoms with van der Waals surface area (Å²) >= 11 is 1.48. The van der Waals surface area contributed by atoms with Crippen LogP contribution in [0.5, 0.6) is 0 Å². The number of benzene rings is 2. The number of nitrogens with one attached hydrogen (secondary N) is 1. The van der Waals surface area contributed by atoms with Crippen LogP contribution in [0.2, 0.25) is 0 Å². The van der Waals surface area contributed by atoms with E-state index in [4.69, 9.17) is 4.74 Å². The lowest BCUT2D eigenvalue weighted by Crippen LogP contribution is -2.52. The summed E-state index contributed by atoms with van der Waals surface area (Å²) in [7, 11) is 0. The molecule has 0 aliphatic carbocycles. The number of alkyl carbamates (subject to hydrolysis) is 1. The summed E-state index contributed by atoms with van der Waals surface area (Å²) in [6, 6.07) is 14.4. The molecule has 7 nitrogen and oxygen atoms in total. The molecular formula is C27H35N3O4S. The molecule has 0 saturated heterocycles. The van der Waals surface area contributed by atoms with Gasteiger partial charge in [-0.25, -0.2) is 9.78 Å². The van der Waals surface area contributed by atoms with Gasteiger partial charge in [-0.1, -0.05) is 44.2 Å². The smallest absolute Gasteiger partial charge is 0.407 e. The average Bonchev–Trinajstić information content (AvgIpc) is 3.24. The predicted molar refractivity (Wildman–Crippen MR) is 140 cm³/mol. The average molecular weight is 498 g/mol.